The average Bonchev–Trinajstić information content (AvgIpc) is 3.15. The van der Waals surface area contributed by atoms with Crippen molar-refractivity contribution in [2.45, 2.75) is 10.6 Å². The summed E-state index contributed by atoms with van der Waals surface area (Å²) < 4.78 is 5.32. The number of nitro groups is 1. The summed E-state index contributed by atoms with van der Waals surface area (Å²) in [4.78, 5) is 11.5. The minimum Gasteiger partial charge on any atom is -0.468 e. The first kappa shape index (κ1) is 16.8. The van der Waals surface area contributed by atoms with E-state index in [9.17, 15) is 10.1 Å². The molecule has 126 valence electrons. The number of rotatable bonds is 7. The quantitative estimate of drug-likeness (QED) is 0.282. The van der Waals surface area contributed by atoms with E-state index in [0.717, 1.165) is 16.3 Å². The standard InChI is InChI=1S/C18H15N3O3S/c22-21(23)16-8-9-18(25-13-17-7-4-10-24-17)14(11-16)12-19-20-15-5-2-1-3-6-15/h1-12,20H,13H2. The van der Waals surface area contributed by atoms with Crippen molar-refractivity contribution in [2.75, 3.05) is 5.43 Å². The SMILES string of the molecule is O=[N+]([O-])c1ccc(SCc2ccco2)c(C=NNc2ccccc2)c1. The Kier molecular flexibility index (Phi) is 5.48. The molecule has 0 unspecified atom stereocenters. The largest absolute Gasteiger partial charge is 0.468 e. The van der Waals surface area contributed by atoms with E-state index in [2.05, 4.69) is 10.5 Å². The lowest BCUT2D eigenvalue weighted by atomic mass is 10.2. The second kappa shape index (κ2) is 8.16. The van der Waals surface area contributed by atoms with Crippen LogP contribution in [0, 0.1) is 10.1 Å². The fraction of sp³-hybridized carbons (Fsp3) is 0.0556. The minimum atomic E-state index is -0.414. The number of nitrogens with zero attached hydrogens (tertiary/aromatic N) is 2. The molecule has 7 heteroatoms. The number of furan rings is 1. The Morgan fingerprint density at radius 1 is 1.16 bits per heavy atom. The molecule has 0 bridgehead atoms. The Balaban J connectivity index is 1.78. The molecule has 0 saturated heterocycles. The lowest BCUT2D eigenvalue weighted by Crippen LogP contribution is -1.95. The molecule has 1 heterocycles. The third-order valence-corrected chi connectivity index (χ3v) is 4.44. The molecule has 0 fully saturated rings. The van der Waals surface area contributed by atoms with E-state index < -0.39 is 4.92 Å². The molecule has 3 rings (SSSR count). The molecule has 6 nitrogen and oxygen atoms in total. The number of hydrogen-bond acceptors (Lipinski definition) is 6. The van der Waals surface area contributed by atoms with E-state index in [1.165, 1.54) is 23.9 Å². The van der Waals surface area contributed by atoms with Gasteiger partial charge in [0.1, 0.15) is 5.76 Å². The minimum absolute atomic E-state index is 0.0310. The van der Waals surface area contributed by atoms with Gasteiger partial charge in [0.05, 0.1) is 28.8 Å². The normalized spacial score (nSPS) is 10.9. The maximum atomic E-state index is 11.0. The van der Waals surface area contributed by atoms with Crippen LogP contribution in [0.1, 0.15) is 11.3 Å². The summed E-state index contributed by atoms with van der Waals surface area (Å²) in [5.41, 5.74) is 4.46. The highest BCUT2D eigenvalue weighted by molar-refractivity contribution is 7.98. The van der Waals surface area contributed by atoms with Crippen LogP contribution in [0.5, 0.6) is 0 Å². The summed E-state index contributed by atoms with van der Waals surface area (Å²) in [6.45, 7) is 0. The van der Waals surface area contributed by atoms with Crippen molar-refractivity contribution in [3.63, 3.8) is 0 Å². The van der Waals surface area contributed by atoms with Crippen molar-refractivity contribution in [3.05, 3.63) is 88.4 Å². The molecule has 0 aliphatic rings. The Morgan fingerprint density at radius 2 is 2.00 bits per heavy atom. The molecule has 0 radical (unpaired) electrons. The van der Waals surface area contributed by atoms with E-state index >= 15 is 0 Å². The van der Waals surface area contributed by atoms with Gasteiger partial charge in [-0.25, -0.2) is 0 Å². The lowest BCUT2D eigenvalue weighted by Gasteiger charge is -2.05. The molecule has 1 aromatic heterocycles. The number of nitro benzene ring substituents is 1. The first-order valence-electron chi connectivity index (χ1n) is 7.50. The zero-order chi connectivity index (χ0) is 17.5. The summed E-state index contributed by atoms with van der Waals surface area (Å²) in [7, 11) is 0. The van der Waals surface area contributed by atoms with Crippen molar-refractivity contribution >= 4 is 29.4 Å². The van der Waals surface area contributed by atoms with Crippen LogP contribution in [0.15, 0.2) is 81.3 Å². The molecule has 25 heavy (non-hydrogen) atoms. The van der Waals surface area contributed by atoms with Crippen molar-refractivity contribution in [1.82, 2.24) is 0 Å². The third kappa shape index (κ3) is 4.71. The molecule has 0 aliphatic heterocycles. The monoisotopic (exact) mass is 353 g/mol. The zero-order valence-corrected chi connectivity index (χ0v) is 14.0. The number of benzene rings is 2. The number of nitrogens with one attached hydrogen (secondary N) is 1. The number of hydrogen-bond donors (Lipinski definition) is 1. The van der Waals surface area contributed by atoms with E-state index in [1.807, 2.05) is 42.5 Å². The van der Waals surface area contributed by atoms with Gasteiger partial charge in [-0.3, -0.25) is 15.5 Å². The van der Waals surface area contributed by atoms with Gasteiger partial charge in [-0.15, -0.1) is 11.8 Å². The molecule has 1 N–H and O–H groups in total. The molecule has 0 saturated carbocycles. The summed E-state index contributed by atoms with van der Waals surface area (Å²) in [6.07, 6.45) is 3.21. The molecular formula is C18H15N3O3S. The first-order chi connectivity index (χ1) is 12.2. The van der Waals surface area contributed by atoms with Crippen LogP contribution >= 0.6 is 11.8 Å². The van der Waals surface area contributed by atoms with E-state index in [0.29, 0.717) is 11.3 Å². The topological polar surface area (TPSA) is 80.7 Å². The maximum absolute atomic E-state index is 11.0. The van der Waals surface area contributed by atoms with Crippen molar-refractivity contribution in [1.29, 1.82) is 0 Å². The second-order valence-electron chi connectivity index (χ2n) is 5.08. The van der Waals surface area contributed by atoms with Crippen LogP contribution in [-0.4, -0.2) is 11.1 Å². The Morgan fingerprint density at radius 3 is 2.72 bits per heavy atom. The number of non-ortho nitro benzene ring substituents is 1. The molecule has 0 atom stereocenters. The van der Waals surface area contributed by atoms with Gasteiger partial charge < -0.3 is 4.42 Å². The molecule has 3 aromatic rings. The van der Waals surface area contributed by atoms with Crippen molar-refractivity contribution < 1.29 is 9.34 Å². The molecule has 0 spiro atoms. The second-order valence-corrected chi connectivity index (χ2v) is 6.10. The van der Waals surface area contributed by atoms with Crippen LogP contribution in [-0.2, 0) is 5.75 Å². The number of hydrazone groups is 1. The van der Waals surface area contributed by atoms with Crippen molar-refractivity contribution in [3.8, 4) is 0 Å². The van der Waals surface area contributed by atoms with Crippen LogP contribution < -0.4 is 5.43 Å². The van der Waals surface area contributed by atoms with Crippen LogP contribution in [0.3, 0.4) is 0 Å². The summed E-state index contributed by atoms with van der Waals surface area (Å²) >= 11 is 1.54. The smallest absolute Gasteiger partial charge is 0.270 e. The third-order valence-electron chi connectivity index (χ3n) is 3.33. The predicted molar refractivity (Wildman–Crippen MR) is 99.0 cm³/mol. The summed E-state index contributed by atoms with van der Waals surface area (Å²) in [5, 5.41) is 15.2. The average molecular weight is 353 g/mol. The zero-order valence-electron chi connectivity index (χ0n) is 13.2. The van der Waals surface area contributed by atoms with Crippen LogP contribution in [0.2, 0.25) is 0 Å². The summed E-state index contributed by atoms with van der Waals surface area (Å²) in [5.74, 6) is 1.48. The van der Waals surface area contributed by atoms with Gasteiger partial charge in [0, 0.05) is 22.6 Å². The van der Waals surface area contributed by atoms with E-state index in [4.69, 9.17) is 4.42 Å². The highest BCUT2D eigenvalue weighted by atomic mass is 32.2. The summed E-state index contributed by atoms with van der Waals surface area (Å²) in [6, 6.07) is 17.9. The predicted octanol–water partition coefficient (Wildman–Crippen LogP) is 4.93. The fourth-order valence-electron chi connectivity index (χ4n) is 2.11. The Hall–Kier alpha value is -3.06. The van der Waals surface area contributed by atoms with E-state index in [-0.39, 0.29) is 5.69 Å². The van der Waals surface area contributed by atoms with Gasteiger partial charge in [-0.2, -0.15) is 5.10 Å². The Bertz CT molecular complexity index is 865. The van der Waals surface area contributed by atoms with Gasteiger partial charge in [0.15, 0.2) is 0 Å². The van der Waals surface area contributed by atoms with Gasteiger partial charge in [0.2, 0.25) is 0 Å². The molecule has 0 amide bonds. The van der Waals surface area contributed by atoms with Gasteiger partial charge in [-0.1, -0.05) is 18.2 Å². The molecule has 2 aromatic carbocycles. The fourth-order valence-corrected chi connectivity index (χ4v) is 3.02. The lowest BCUT2D eigenvalue weighted by molar-refractivity contribution is -0.384. The first-order valence-corrected chi connectivity index (χ1v) is 8.49. The van der Waals surface area contributed by atoms with Gasteiger partial charge in [0.25, 0.3) is 5.69 Å². The van der Waals surface area contributed by atoms with Crippen molar-refractivity contribution in [2.24, 2.45) is 5.10 Å². The van der Waals surface area contributed by atoms with Gasteiger partial charge in [-0.05, 0) is 30.3 Å². The molecule has 0 aliphatic carbocycles. The number of anilines is 1. The van der Waals surface area contributed by atoms with Crippen LogP contribution in [0.4, 0.5) is 11.4 Å². The maximum Gasteiger partial charge on any atom is 0.270 e. The van der Waals surface area contributed by atoms with E-state index in [1.54, 1.807) is 18.5 Å². The Labute approximate surface area is 148 Å². The van der Waals surface area contributed by atoms with Crippen LogP contribution in [0.25, 0.3) is 0 Å². The molecular weight excluding hydrogens is 338 g/mol. The van der Waals surface area contributed by atoms with Gasteiger partial charge >= 0.3 is 0 Å². The highest BCUT2D eigenvalue weighted by Crippen LogP contribution is 2.28. The highest BCUT2D eigenvalue weighted by Gasteiger charge is 2.11. The number of para-hydroxylation sites is 1. The number of thioether (sulfide) groups is 1.